The van der Waals surface area contributed by atoms with Gasteiger partial charge in [-0.25, -0.2) is 4.79 Å². The molecule has 0 spiro atoms. The summed E-state index contributed by atoms with van der Waals surface area (Å²) in [7, 11) is 0. The number of anilines is 2. The quantitative estimate of drug-likeness (QED) is 0.469. The minimum absolute atomic E-state index is 0.103. The van der Waals surface area contributed by atoms with Crippen LogP contribution in [0.2, 0.25) is 0 Å². The summed E-state index contributed by atoms with van der Waals surface area (Å²) in [6.45, 7) is 2.35. The van der Waals surface area contributed by atoms with Crippen molar-refractivity contribution < 1.29 is 9.59 Å². The van der Waals surface area contributed by atoms with Gasteiger partial charge in [-0.1, -0.05) is 15.9 Å². The number of benzene rings is 1. The van der Waals surface area contributed by atoms with E-state index in [0.29, 0.717) is 37.2 Å². The normalized spacial score (nSPS) is 10.1. The molecule has 6 N–H and O–H groups in total. The van der Waals surface area contributed by atoms with Gasteiger partial charge in [-0.05, 0) is 37.5 Å². The molecule has 0 unspecified atom stereocenters. The third kappa shape index (κ3) is 5.48. The van der Waals surface area contributed by atoms with Gasteiger partial charge >= 0.3 is 6.03 Å². The summed E-state index contributed by atoms with van der Waals surface area (Å²) in [6.07, 6.45) is 1.73. The van der Waals surface area contributed by atoms with E-state index in [1.807, 2.05) is 13.0 Å². The van der Waals surface area contributed by atoms with E-state index in [0.717, 1.165) is 10.0 Å². The van der Waals surface area contributed by atoms with Crippen molar-refractivity contribution in [2.45, 2.75) is 26.2 Å². The second-order valence-corrected chi connectivity index (χ2v) is 5.40. The van der Waals surface area contributed by atoms with Gasteiger partial charge in [0.2, 0.25) is 5.91 Å². The molecule has 0 saturated heterocycles. The molecule has 3 amide bonds. The van der Waals surface area contributed by atoms with Crippen LogP contribution in [0.25, 0.3) is 0 Å². The van der Waals surface area contributed by atoms with Crippen LogP contribution in [0.1, 0.15) is 24.8 Å². The molecule has 20 heavy (non-hydrogen) atoms. The number of hydrogen-bond donors (Lipinski definition) is 4. The number of halogens is 1. The number of nitrogens with two attached hydrogens (primary N) is 2. The SMILES string of the molecule is Cc1cc(Br)cc(NC(=O)CCCCNC(N)=O)c1N. The number of rotatable bonds is 6. The van der Waals surface area contributed by atoms with Crippen LogP contribution in [0.5, 0.6) is 0 Å². The maximum Gasteiger partial charge on any atom is 0.312 e. The Morgan fingerprint density at radius 1 is 1.30 bits per heavy atom. The minimum atomic E-state index is -0.549. The average molecular weight is 343 g/mol. The van der Waals surface area contributed by atoms with E-state index >= 15 is 0 Å². The average Bonchev–Trinajstić information content (AvgIpc) is 2.34. The lowest BCUT2D eigenvalue weighted by Gasteiger charge is -2.11. The van der Waals surface area contributed by atoms with E-state index in [2.05, 4.69) is 26.6 Å². The molecule has 6 nitrogen and oxygen atoms in total. The predicted molar refractivity (Wildman–Crippen MR) is 83.4 cm³/mol. The van der Waals surface area contributed by atoms with E-state index in [-0.39, 0.29) is 5.91 Å². The highest BCUT2D eigenvalue weighted by molar-refractivity contribution is 9.10. The Hall–Kier alpha value is -1.76. The van der Waals surface area contributed by atoms with Gasteiger partial charge in [0.05, 0.1) is 11.4 Å². The van der Waals surface area contributed by atoms with Gasteiger partial charge in [0.1, 0.15) is 0 Å². The van der Waals surface area contributed by atoms with Crippen LogP contribution in [-0.4, -0.2) is 18.5 Å². The van der Waals surface area contributed by atoms with Gasteiger partial charge in [-0.15, -0.1) is 0 Å². The van der Waals surface area contributed by atoms with Crippen LogP contribution < -0.4 is 22.1 Å². The summed E-state index contributed by atoms with van der Waals surface area (Å²) in [6, 6.07) is 3.11. The number of nitrogen functional groups attached to an aromatic ring is 1. The van der Waals surface area contributed by atoms with Gasteiger partial charge < -0.3 is 22.1 Å². The van der Waals surface area contributed by atoms with Crippen LogP contribution in [0, 0.1) is 6.92 Å². The fourth-order valence-electron chi connectivity index (χ4n) is 1.69. The highest BCUT2D eigenvalue weighted by Crippen LogP contribution is 2.27. The maximum atomic E-state index is 11.8. The first kappa shape index (κ1) is 16.3. The van der Waals surface area contributed by atoms with Crippen molar-refractivity contribution >= 4 is 39.2 Å². The monoisotopic (exact) mass is 342 g/mol. The van der Waals surface area contributed by atoms with Crippen molar-refractivity contribution in [3.63, 3.8) is 0 Å². The highest BCUT2D eigenvalue weighted by Gasteiger charge is 2.08. The number of amides is 3. The maximum absolute atomic E-state index is 11.8. The van der Waals surface area contributed by atoms with E-state index in [4.69, 9.17) is 11.5 Å². The van der Waals surface area contributed by atoms with Crippen molar-refractivity contribution in [1.82, 2.24) is 5.32 Å². The second-order valence-electron chi connectivity index (χ2n) is 4.48. The second kappa shape index (κ2) is 7.74. The van der Waals surface area contributed by atoms with Gasteiger partial charge in [0.15, 0.2) is 0 Å². The summed E-state index contributed by atoms with van der Waals surface area (Å²) in [5.41, 5.74) is 12.9. The van der Waals surface area contributed by atoms with Crippen LogP contribution in [0.4, 0.5) is 16.2 Å². The molecular weight excluding hydrogens is 324 g/mol. The number of unbranched alkanes of at least 4 members (excludes halogenated alkanes) is 1. The summed E-state index contributed by atoms with van der Waals surface area (Å²) < 4.78 is 0.866. The Labute approximate surface area is 126 Å². The molecule has 0 heterocycles. The van der Waals surface area contributed by atoms with Gasteiger partial charge in [-0.2, -0.15) is 0 Å². The number of primary amides is 1. The van der Waals surface area contributed by atoms with Crippen LogP contribution in [0.15, 0.2) is 16.6 Å². The third-order valence-corrected chi connectivity index (χ3v) is 3.21. The Kier molecular flexibility index (Phi) is 6.30. The third-order valence-electron chi connectivity index (χ3n) is 2.76. The first-order valence-electron chi connectivity index (χ1n) is 6.29. The van der Waals surface area contributed by atoms with Crippen molar-refractivity contribution in [1.29, 1.82) is 0 Å². The number of carbonyl (C=O) groups excluding carboxylic acids is 2. The van der Waals surface area contributed by atoms with Gasteiger partial charge in [0, 0.05) is 17.4 Å². The molecule has 0 bridgehead atoms. The van der Waals surface area contributed by atoms with Crippen LogP contribution in [-0.2, 0) is 4.79 Å². The number of carbonyl (C=O) groups is 2. The summed E-state index contributed by atoms with van der Waals surface area (Å²) in [5.74, 6) is -0.103. The van der Waals surface area contributed by atoms with E-state index in [1.54, 1.807) is 6.07 Å². The zero-order valence-corrected chi connectivity index (χ0v) is 12.9. The minimum Gasteiger partial charge on any atom is -0.397 e. The lowest BCUT2D eigenvalue weighted by atomic mass is 10.1. The summed E-state index contributed by atoms with van der Waals surface area (Å²) in [5, 5.41) is 5.26. The van der Waals surface area contributed by atoms with Crippen LogP contribution >= 0.6 is 15.9 Å². The van der Waals surface area contributed by atoms with E-state index in [9.17, 15) is 9.59 Å². The molecule has 0 radical (unpaired) electrons. The molecule has 1 aromatic carbocycles. The van der Waals surface area contributed by atoms with E-state index < -0.39 is 6.03 Å². The molecule has 0 aliphatic carbocycles. The summed E-state index contributed by atoms with van der Waals surface area (Å²) >= 11 is 3.36. The fourth-order valence-corrected chi connectivity index (χ4v) is 2.26. The topological polar surface area (TPSA) is 110 Å². The Morgan fingerprint density at radius 2 is 2.00 bits per heavy atom. The molecule has 7 heteroatoms. The summed E-state index contributed by atoms with van der Waals surface area (Å²) in [4.78, 5) is 22.2. The standard InChI is InChI=1S/C13H19BrN4O2/c1-8-6-9(14)7-10(12(8)15)18-11(19)4-2-3-5-17-13(16)20/h6-7H,2-5,15H2,1H3,(H,18,19)(H3,16,17,20). The number of urea groups is 1. The lowest BCUT2D eigenvalue weighted by molar-refractivity contribution is -0.116. The van der Waals surface area contributed by atoms with Gasteiger partial charge in [0.25, 0.3) is 0 Å². The molecular formula is C13H19BrN4O2. The zero-order valence-electron chi connectivity index (χ0n) is 11.3. The Morgan fingerprint density at radius 3 is 2.65 bits per heavy atom. The van der Waals surface area contributed by atoms with Crippen molar-refractivity contribution in [2.75, 3.05) is 17.6 Å². The molecule has 1 aromatic rings. The largest absolute Gasteiger partial charge is 0.397 e. The van der Waals surface area contributed by atoms with E-state index in [1.165, 1.54) is 0 Å². The molecule has 0 saturated carbocycles. The first-order valence-corrected chi connectivity index (χ1v) is 7.08. The number of nitrogens with one attached hydrogen (secondary N) is 2. The fraction of sp³-hybridized carbons (Fsp3) is 0.385. The zero-order chi connectivity index (χ0) is 15.1. The molecule has 0 fully saturated rings. The molecule has 0 aliphatic heterocycles. The molecule has 1 rings (SSSR count). The van der Waals surface area contributed by atoms with Crippen molar-refractivity contribution in [2.24, 2.45) is 5.73 Å². The lowest BCUT2D eigenvalue weighted by Crippen LogP contribution is -2.30. The predicted octanol–water partition coefficient (Wildman–Crippen LogP) is 2.12. The number of aryl methyl sites for hydroxylation is 1. The molecule has 0 aliphatic rings. The molecule has 110 valence electrons. The first-order chi connectivity index (χ1) is 9.40. The van der Waals surface area contributed by atoms with Crippen molar-refractivity contribution in [3.8, 4) is 0 Å². The highest BCUT2D eigenvalue weighted by atomic mass is 79.9. The smallest absolute Gasteiger partial charge is 0.312 e. The van der Waals surface area contributed by atoms with Crippen LogP contribution in [0.3, 0.4) is 0 Å². The Balaban J connectivity index is 2.41. The number of hydrogen-bond acceptors (Lipinski definition) is 3. The molecule has 0 aromatic heterocycles. The van der Waals surface area contributed by atoms with Gasteiger partial charge in [-0.3, -0.25) is 4.79 Å². The Bertz CT molecular complexity index is 505. The molecule has 0 atom stereocenters. The van der Waals surface area contributed by atoms with Crippen molar-refractivity contribution in [3.05, 3.63) is 22.2 Å².